The van der Waals surface area contributed by atoms with Crippen LogP contribution in [0.1, 0.15) is 35.1 Å². The van der Waals surface area contributed by atoms with Crippen molar-refractivity contribution in [1.82, 2.24) is 0 Å². The van der Waals surface area contributed by atoms with Gasteiger partial charge in [-0.2, -0.15) is 8.42 Å². The summed E-state index contributed by atoms with van der Waals surface area (Å²) in [7, 11) is -0.290. The molecule has 1 N–H and O–H groups in total. The Labute approximate surface area is 211 Å². The van der Waals surface area contributed by atoms with Gasteiger partial charge in [0.1, 0.15) is 12.4 Å². The second-order valence-corrected chi connectivity index (χ2v) is 8.79. The normalized spacial score (nSPS) is 13.6. The average molecular weight is 656 g/mol. The summed E-state index contributed by atoms with van der Waals surface area (Å²) >= 11 is 0. The molecule has 0 atom stereocenters. The largest absolute Gasteiger partial charge is 0.511 e. The Kier molecular flexibility index (Phi) is 13.7. The van der Waals surface area contributed by atoms with E-state index in [1.165, 1.54) is 5.56 Å². The van der Waals surface area contributed by atoms with Gasteiger partial charge in [-0.3, -0.25) is 4.55 Å². The van der Waals surface area contributed by atoms with Crippen molar-refractivity contribution in [3.63, 3.8) is 0 Å². The van der Waals surface area contributed by atoms with E-state index in [-0.39, 0.29) is 27.5 Å². The summed E-state index contributed by atoms with van der Waals surface area (Å²) in [4.78, 5) is 4.94. The molecule has 1 radical (unpaired) electrons. The number of hydrogen-bond donors (Lipinski definition) is 1. The smallest absolute Gasteiger partial charge is 0.261 e. The summed E-state index contributed by atoms with van der Waals surface area (Å²) in [6.07, 6.45) is 3.84. The third kappa shape index (κ3) is 10.4. The molecule has 0 heterocycles. The molecule has 0 aliphatic heterocycles. The number of ether oxygens (including phenoxy) is 3. The van der Waals surface area contributed by atoms with Gasteiger partial charge in [0, 0.05) is 33.0 Å². The van der Waals surface area contributed by atoms with Crippen molar-refractivity contribution in [2.45, 2.75) is 33.1 Å². The fourth-order valence-electron chi connectivity index (χ4n) is 3.44. The minimum Gasteiger partial charge on any atom is -0.511 e. The molecular weight excluding hydrogens is 623 g/mol. The third-order valence-corrected chi connectivity index (χ3v) is 4.61. The van der Waals surface area contributed by atoms with Crippen molar-refractivity contribution in [1.29, 1.82) is 0 Å². The van der Waals surface area contributed by atoms with Crippen molar-refractivity contribution in [3.8, 4) is 11.5 Å². The maximum Gasteiger partial charge on any atom is 0.261 e. The molecule has 0 unspecified atom stereocenters. The van der Waals surface area contributed by atoms with Gasteiger partial charge in [0.2, 0.25) is 0 Å². The van der Waals surface area contributed by atoms with Crippen molar-refractivity contribution >= 4 is 21.5 Å². The van der Waals surface area contributed by atoms with Crippen molar-refractivity contribution in [2.24, 2.45) is 4.99 Å². The van der Waals surface area contributed by atoms with Crippen LogP contribution in [0.25, 0.3) is 0 Å². The maximum absolute atomic E-state index is 9.19. The number of benzene rings is 2. The Balaban J connectivity index is 0.00000133. The second kappa shape index (κ2) is 14.5. The number of rotatable bonds is 6. The number of methoxy groups -OCH3 is 2. The van der Waals surface area contributed by atoms with Crippen LogP contribution in [0.3, 0.4) is 0 Å². The Hall–Kier alpha value is -1.77. The average Bonchev–Trinajstić information content (AvgIpc) is 2.67. The molecular formula is C24H33IrNO6S-2. The fraction of sp³-hybridized carbons (Fsp3) is 0.417. The number of nitrogens with zero attached hydrogens (tertiary/aromatic N) is 1. The van der Waals surface area contributed by atoms with Crippen LogP contribution in [0, 0.1) is 27.3 Å². The molecule has 0 aromatic heterocycles. The molecule has 0 saturated carbocycles. The summed E-state index contributed by atoms with van der Waals surface area (Å²) < 4.78 is 42.1. The zero-order valence-electron chi connectivity index (χ0n) is 20.0. The monoisotopic (exact) mass is 656 g/mol. The van der Waals surface area contributed by atoms with E-state index in [0.717, 1.165) is 58.9 Å². The molecule has 3 rings (SSSR count). The van der Waals surface area contributed by atoms with Crippen LogP contribution < -0.4 is 9.47 Å². The summed E-state index contributed by atoms with van der Waals surface area (Å²) in [6.45, 7) is 5.20. The predicted molar refractivity (Wildman–Crippen MR) is 128 cm³/mol. The van der Waals surface area contributed by atoms with E-state index in [9.17, 15) is 8.42 Å². The Morgan fingerprint density at radius 3 is 2.24 bits per heavy atom. The topological polar surface area (TPSA) is 94.4 Å². The summed E-state index contributed by atoms with van der Waals surface area (Å²) in [5.41, 5.74) is 6.61. The van der Waals surface area contributed by atoms with Gasteiger partial charge < -0.3 is 26.6 Å². The van der Waals surface area contributed by atoms with Crippen LogP contribution >= 0.6 is 0 Å². The van der Waals surface area contributed by atoms with Gasteiger partial charge in [-0.1, -0.05) is 18.9 Å². The Bertz CT molecular complexity index is 1010. The van der Waals surface area contributed by atoms with Crippen LogP contribution in [-0.2, 0) is 41.4 Å². The van der Waals surface area contributed by atoms with Gasteiger partial charge in [-0.25, -0.2) is 0 Å². The number of fused-ring (bicyclic) bond motifs is 1. The standard InChI is InChI=1S/C22H26NO3.CH4O3S.CH3.Ir/c1-15-12-18(13-16(2)22(15)25-4)23-21-7-5-6-17-8-9-19(14-20(17)21)26-11-10-24-3;1-5(2,3)4;;/h8-9,12-13H,5-7,10-11H2,1-4H3;1H3,(H,2,3,4);1H3;/q-1;;-1;. The maximum atomic E-state index is 9.19. The van der Waals surface area contributed by atoms with Gasteiger partial charge in [0.05, 0.1) is 25.7 Å². The molecule has 0 bridgehead atoms. The zero-order valence-corrected chi connectivity index (χ0v) is 23.2. The number of aliphatic imine (C=N–C) groups is 1. The van der Waals surface area contributed by atoms with Crippen LogP contribution in [0.5, 0.6) is 11.5 Å². The molecule has 187 valence electrons. The van der Waals surface area contributed by atoms with Crippen molar-refractivity contribution in [3.05, 3.63) is 60.0 Å². The molecule has 1 aliphatic rings. The first-order chi connectivity index (χ1) is 14.6. The molecule has 33 heavy (non-hydrogen) atoms. The number of aryl methyl sites for hydroxylation is 3. The molecule has 0 amide bonds. The summed E-state index contributed by atoms with van der Waals surface area (Å²) in [5, 5.41) is 0. The Morgan fingerprint density at radius 1 is 1.09 bits per heavy atom. The van der Waals surface area contributed by atoms with E-state index in [1.54, 1.807) is 14.2 Å². The second-order valence-electron chi connectivity index (χ2n) is 7.32. The molecule has 0 spiro atoms. The van der Waals surface area contributed by atoms with E-state index >= 15 is 0 Å². The first-order valence-corrected chi connectivity index (χ1v) is 11.8. The molecule has 0 saturated heterocycles. The van der Waals surface area contributed by atoms with Crippen LogP contribution in [0.2, 0.25) is 0 Å². The van der Waals surface area contributed by atoms with E-state index in [2.05, 4.69) is 38.1 Å². The zero-order chi connectivity index (χ0) is 23.0. The van der Waals surface area contributed by atoms with Gasteiger partial charge in [-0.05, 0) is 49.2 Å². The summed E-state index contributed by atoms with van der Waals surface area (Å²) in [5.74, 6) is 1.68. The minimum atomic E-state index is -3.67. The van der Waals surface area contributed by atoms with Crippen molar-refractivity contribution in [2.75, 3.05) is 33.7 Å². The summed E-state index contributed by atoms with van der Waals surface area (Å²) in [6, 6.07) is 11.7. The van der Waals surface area contributed by atoms with Gasteiger partial charge in [0.15, 0.2) is 0 Å². The predicted octanol–water partition coefficient (Wildman–Crippen LogP) is 4.55. The van der Waals surface area contributed by atoms with Gasteiger partial charge >= 0.3 is 0 Å². The molecule has 0 fully saturated rings. The molecule has 1 aliphatic carbocycles. The first kappa shape index (κ1) is 31.2. The van der Waals surface area contributed by atoms with Crippen LogP contribution in [0.15, 0.2) is 29.3 Å². The van der Waals surface area contributed by atoms with E-state index in [4.69, 9.17) is 23.8 Å². The van der Waals surface area contributed by atoms with Crippen LogP contribution in [-0.4, -0.2) is 52.4 Å². The number of hydrogen-bond acceptors (Lipinski definition) is 6. The SMILES string of the molecule is COCCOc1[c-]c2c(cc1)CCCC2=Nc1cc(C)c(OC)c(C)c1.CS(=O)(=O)O.[CH3-].[Ir]. The van der Waals surface area contributed by atoms with Gasteiger partial charge in [0.25, 0.3) is 10.1 Å². The molecule has 2 aromatic carbocycles. The van der Waals surface area contributed by atoms with E-state index in [1.807, 2.05) is 6.07 Å². The first-order valence-electron chi connectivity index (χ1n) is 9.95. The quantitative estimate of drug-likeness (QED) is 0.279. The minimum absolute atomic E-state index is 0. The van der Waals surface area contributed by atoms with E-state index < -0.39 is 10.1 Å². The van der Waals surface area contributed by atoms with Crippen molar-refractivity contribution < 1.29 is 47.3 Å². The Morgan fingerprint density at radius 2 is 1.70 bits per heavy atom. The fourth-order valence-corrected chi connectivity index (χ4v) is 3.44. The molecule has 9 heteroatoms. The third-order valence-electron chi connectivity index (χ3n) is 4.61. The van der Waals surface area contributed by atoms with Gasteiger partial charge in [-0.15, -0.1) is 23.3 Å². The van der Waals surface area contributed by atoms with Crippen LogP contribution in [0.4, 0.5) is 5.69 Å². The molecule has 7 nitrogen and oxygen atoms in total. The van der Waals surface area contributed by atoms with E-state index in [0.29, 0.717) is 19.5 Å². The molecule has 2 aromatic rings.